The summed E-state index contributed by atoms with van der Waals surface area (Å²) in [5.74, 6) is -1.37. The number of carbonyl (C=O) groups is 4. The van der Waals surface area contributed by atoms with Crippen LogP contribution in [0.5, 0.6) is 0 Å². The number of nitrogens with one attached hydrogen (secondary N) is 5. The van der Waals surface area contributed by atoms with Gasteiger partial charge in [-0.25, -0.2) is 10.4 Å². The number of hydrogen-bond donors (Lipinski definition) is 8. The van der Waals surface area contributed by atoms with Crippen LogP contribution in [0, 0.1) is 0 Å². The zero-order chi connectivity index (χ0) is 32.3. The number of hydrogen-bond acceptors (Lipinski definition) is 8. The molecule has 1 aromatic heterocycles. The first kappa shape index (κ1) is 39.4. The minimum atomic E-state index is -0.772. The summed E-state index contributed by atoms with van der Waals surface area (Å²) < 4.78 is 0. The fourth-order valence-electron chi connectivity index (χ4n) is 4.85. The summed E-state index contributed by atoms with van der Waals surface area (Å²) in [7, 11) is 0. The maximum absolute atomic E-state index is 12.7. The van der Waals surface area contributed by atoms with Crippen molar-refractivity contribution in [1.82, 2.24) is 31.5 Å². The highest BCUT2D eigenvalue weighted by Gasteiger charge is 2.21. The Morgan fingerprint density at radius 3 is 1.84 bits per heavy atom. The number of carboxylic acid groups (broad SMARTS) is 1. The predicted molar refractivity (Wildman–Crippen MR) is 176 cm³/mol. The fourth-order valence-corrected chi connectivity index (χ4v) is 5.12. The van der Waals surface area contributed by atoms with Crippen molar-refractivity contribution in [2.24, 2.45) is 5.73 Å². The minimum absolute atomic E-state index is 0.0932. The molecular formula is C31H57N7O5S. The second kappa shape index (κ2) is 26.7. The molecule has 0 radical (unpaired) electrons. The lowest BCUT2D eigenvalue weighted by molar-refractivity contribution is -0.137. The Bertz CT molecular complexity index is 904. The number of amides is 3. The quantitative estimate of drug-likeness (QED) is 0.0356. The van der Waals surface area contributed by atoms with Gasteiger partial charge in [0.05, 0.1) is 12.4 Å². The van der Waals surface area contributed by atoms with Crippen LogP contribution in [-0.2, 0) is 25.6 Å². The van der Waals surface area contributed by atoms with E-state index >= 15 is 0 Å². The number of aromatic nitrogens is 2. The molecule has 2 unspecified atom stereocenters. The molecule has 0 saturated heterocycles. The van der Waals surface area contributed by atoms with Crippen molar-refractivity contribution in [3.63, 3.8) is 0 Å². The fraction of sp³-hybridized carbons (Fsp3) is 0.774. The molecule has 12 nitrogen and oxygen atoms in total. The van der Waals surface area contributed by atoms with Crippen LogP contribution in [0.15, 0.2) is 12.5 Å². The van der Waals surface area contributed by atoms with Gasteiger partial charge in [-0.05, 0) is 32.2 Å². The Labute approximate surface area is 268 Å². The topological polar surface area (TPSA) is 191 Å². The van der Waals surface area contributed by atoms with E-state index in [1.54, 1.807) is 12.5 Å². The number of nitrogens with zero attached hydrogens (tertiary/aromatic N) is 1. The summed E-state index contributed by atoms with van der Waals surface area (Å²) in [6, 6.07) is -1.32. The van der Waals surface area contributed by atoms with E-state index in [-0.39, 0.29) is 17.6 Å². The second-order valence-corrected chi connectivity index (χ2v) is 11.8. The summed E-state index contributed by atoms with van der Waals surface area (Å²) in [5, 5.41) is 14.9. The third kappa shape index (κ3) is 22.0. The largest absolute Gasteiger partial charge is 0.481 e. The molecule has 0 aliphatic heterocycles. The molecule has 2 atom stereocenters. The van der Waals surface area contributed by atoms with E-state index in [1.807, 2.05) is 0 Å². The maximum Gasteiger partial charge on any atom is 0.303 e. The van der Waals surface area contributed by atoms with Crippen LogP contribution in [0.1, 0.15) is 121 Å². The molecule has 0 spiro atoms. The third-order valence-corrected chi connectivity index (χ3v) is 7.92. The van der Waals surface area contributed by atoms with Gasteiger partial charge in [-0.15, -0.1) is 0 Å². The van der Waals surface area contributed by atoms with Gasteiger partial charge in [0.1, 0.15) is 6.04 Å². The first-order valence-corrected chi connectivity index (χ1v) is 17.1. The monoisotopic (exact) mass is 639 g/mol. The summed E-state index contributed by atoms with van der Waals surface area (Å²) in [6.45, 7) is 1.19. The SMILES string of the molecule is NC(=O)C(CS)NNC(=O)C(Cc1cnc[nH]1)NCCCCNC(=O)CCCCCCCCCCCCCCCCC(=O)O. The molecule has 44 heavy (non-hydrogen) atoms. The van der Waals surface area contributed by atoms with Crippen LogP contribution in [0.4, 0.5) is 0 Å². The Morgan fingerprint density at radius 1 is 0.795 bits per heavy atom. The number of nitrogens with two attached hydrogens (primary N) is 1. The Hall–Kier alpha value is -2.64. The van der Waals surface area contributed by atoms with Crippen LogP contribution < -0.4 is 27.2 Å². The van der Waals surface area contributed by atoms with Gasteiger partial charge in [0.15, 0.2) is 0 Å². The van der Waals surface area contributed by atoms with Crippen LogP contribution >= 0.6 is 12.6 Å². The van der Waals surface area contributed by atoms with E-state index < -0.39 is 24.0 Å². The van der Waals surface area contributed by atoms with Gasteiger partial charge in [0, 0.05) is 43.5 Å². The number of unbranched alkanes of at least 4 members (excludes halogenated alkanes) is 14. The molecule has 1 aromatic rings. The molecule has 0 saturated carbocycles. The van der Waals surface area contributed by atoms with Crippen molar-refractivity contribution >= 4 is 36.3 Å². The summed E-state index contributed by atoms with van der Waals surface area (Å²) in [6.07, 6.45) is 22.3. The summed E-state index contributed by atoms with van der Waals surface area (Å²) in [4.78, 5) is 53.7. The van der Waals surface area contributed by atoms with Crippen molar-refractivity contribution in [2.75, 3.05) is 18.8 Å². The van der Waals surface area contributed by atoms with Gasteiger partial charge in [-0.2, -0.15) is 12.6 Å². The zero-order valence-corrected chi connectivity index (χ0v) is 27.3. The van der Waals surface area contributed by atoms with Crippen molar-refractivity contribution < 1.29 is 24.3 Å². The number of primary amides is 1. The molecule has 252 valence electrons. The molecule has 0 aliphatic rings. The first-order chi connectivity index (χ1) is 21.3. The molecule has 0 fully saturated rings. The first-order valence-electron chi connectivity index (χ1n) is 16.5. The van der Waals surface area contributed by atoms with Crippen molar-refractivity contribution in [1.29, 1.82) is 0 Å². The average Bonchev–Trinajstić information content (AvgIpc) is 3.51. The number of aliphatic carboxylic acids is 1. The van der Waals surface area contributed by atoms with Crippen molar-refractivity contribution in [3.8, 4) is 0 Å². The minimum Gasteiger partial charge on any atom is -0.481 e. The molecule has 8 N–H and O–H groups in total. The highest BCUT2D eigenvalue weighted by molar-refractivity contribution is 7.80. The molecule has 1 rings (SSSR count). The Kier molecular flexibility index (Phi) is 23.9. The van der Waals surface area contributed by atoms with E-state index in [0.717, 1.165) is 50.6 Å². The zero-order valence-electron chi connectivity index (χ0n) is 26.4. The molecule has 1 heterocycles. The summed E-state index contributed by atoms with van der Waals surface area (Å²) >= 11 is 4.06. The normalized spacial score (nSPS) is 12.5. The summed E-state index contributed by atoms with van der Waals surface area (Å²) in [5.41, 5.74) is 11.3. The van der Waals surface area contributed by atoms with Crippen LogP contribution in [0.2, 0.25) is 0 Å². The molecular weight excluding hydrogens is 582 g/mol. The van der Waals surface area contributed by atoms with Gasteiger partial charge in [-0.1, -0.05) is 77.0 Å². The van der Waals surface area contributed by atoms with Gasteiger partial charge < -0.3 is 26.5 Å². The smallest absolute Gasteiger partial charge is 0.303 e. The van der Waals surface area contributed by atoms with Crippen molar-refractivity contribution in [2.45, 2.75) is 134 Å². The second-order valence-electron chi connectivity index (χ2n) is 11.5. The Balaban J connectivity index is 2.01. The molecule has 0 bridgehead atoms. The van der Waals surface area contributed by atoms with Crippen LogP contribution in [-0.4, -0.2) is 69.7 Å². The lowest BCUT2D eigenvalue weighted by atomic mass is 10.0. The number of aromatic amines is 1. The lowest BCUT2D eigenvalue weighted by Crippen LogP contribution is -2.56. The highest BCUT2D eigenvalue weighted by atomic mass is 32.1. The maximum atomic E-state index is 12.7. The number of hydrazine groups is 1. The van der Waals surface area contributed by atoms with Crippen LogP contribution in [0.3, 0.4) is 0 Å². The molecule has 13 heteroatoms. The van der Waals surface area contributed by atoms with Gasteiger partial charge in [0.25, 0.3) is 5.91 Å². The van der Waals surface area contributed by atoms with E-state index in [4.69, 9.17) is 10.8 Å². The molecule has 3 amide bonds. The van der Waals surface area contributed by atoms with Crippen molar-refractivity contribution in [3.05, 3.63) is 18.2 Å². The third-order valence-electron chi connectivity index (χ3n) is 7.55. The standard InChI is InChI=1S/C31H57N7O5S/c32-30(42)27(23-44)37-38-31(43)26(21-25-22-33-24-36-25)34-19-15-16-20-35-28(39)17-13-11-9-7-5-3-1-2-4-6-8-10-12-14-18-29(40)41/h22,24,26-27,34,37,44H,1-21,23H2,(H2,32,42)(H,33,36)(H,35,39)(H,38,43)(H,40,41). The number of carbonyl (C=O) groups excluding carboxylic acids is 3. The van der Waals surface area contributed by atoms with E-state index in [2.05, 4.69) is 44.1 Å². The van der Waals surface area contributed by atoms with E-state index in [0.29, 0.717) is 32.4 Å². The predicted octanol–water partition coefficient (Wildman–Crippen LogP) is 3.54. The highest BCUT2D eigenvalue weighted by Crippen LogP contribution is 2.13. The van der Waals surface area contributed by atoms with E-state index in [1.165, 1.54) is 57.8 Å². The Morgan fingerprint density at radius 2 is 1.34 bits per heavy atom. The van der Waals surface area contributed by atoms with Crippen LogP contribution in [0.25, 0.3) is 0 Å². The number of carboxylic acids is 1. The lowest BCUT2D eigenvalue weighted by Gasteiger charge is -2.20. The van der Waals surface area contributed by atoms with Gasteiger partial charge in [0.2, 0.25) is 11.8 Å². The number of rotatable bonds is 30. The number of thiol groups is 1. The number of H-pyrrole nitrogens is 1. The number of imidazole rings is 1. The molecule has 0 aliphatic carbocycles. The van der Waals surface area contributed by atoms with E-state index in [9.17, 15) is 19.2 Å². The molecule has 0 aromatic carbocycles. The average molecular weight is 640 g/mol. The van der Waals surface area contributed by atoms with Gasteiger partial charge in [-0.3, -0.25) is 24.6 Å². The van der Waals surface area contributed by atoms with Gasteiger partial charge >= 0.3 is 5.97 Å².